The second kappa shape index (κ2) is 9.85. The van der Waals surface area contributed by atoms with Crippen molar-refractivity contribution in [1.29, 1.82) is 0 Å². The van der Waals surface area contributed by atoms with Gasteiger partial charge in [0, 0.05) is 18.3 Å². The van der Waals surface area contributed by atoms with Crippen LogP contribution in [0.5, 0.6) is 0 Å². The Morgan fingerprint density at radius 1 is 1.14 bits per heavy atom. The smallest absolute Gasteiger partial charge is 0.0195 e. The third-order valence-corrected chi connectivity index (χ3v) is 3.93. The maximum Gasteiger partial charge on any atom is 0.0195 e. The van der Waals surface area contributed by atoms with E-state index >= 15 is 0 Å². The van der Waals surface area contributed by atoms with Crippen LogP contribution in [0.3, 0.4) is 0 Å². The van der Waals surface area contributed by atoms with Crippen LogP contribution < -0.4 is 0 Å². The van der Waals surface area contributed by atoms with Crippen LogP contribution in [0.25, 0.3) is 0 Å². The Hall–Kier alpha value is 0.310. The summed E-state index contributed by atoms with van der Waals surface area (Å²) in [7, 11) is 0. The van der Waals surface area contributed by atoms with Crippen molar-refractivity contribution in [3.8, 4) is 0 Å². The monoisotopic (exact) mass is 217 g/mol. The third kappa shape index (κ3) is 5.92. The summed E-state index contributed by atoms with van der Waals surface area (Å²) in [5.41, 5.74) is 0. The van der Waals surface area contributed by atoms with Gasteiger partial charge in [0.2, 0.25) is 0 Å². The molecule has 0 atom stereocenters. The quantitative estimate of drug-likeness (QED) is 0.630. The van der Waals surface area contributed by atoms with Crippen molar-refractivity contribution in [2.24, 2.45) is 0 Å². The predicted molar refractivity (Wildman–Crippen MR) is 68.7 cm³/mol. The van der Waals surface area contributed by atoms with Gasteiger partial charge in [0.25, 0.3) is 0 Å². The fourth-order valence-corrected chi connectivity index (χ4v) is 3.14. The van der Waals surface area contributed by atoms with Crippen LogP contribution in [0.4, 0.5) is 0 Å². The van der Waals surface area contributed by atoms with Gasteiger partial charge in [-0.25, -0.2) is 0 Å². The maximum absolute atomic E-state index is 2.52. The summed E-state index contributed by atoms with van der Waals surface area (Å²) in [6, 6.07) is 0. The first kappa shape index (κ1) is 14.3. The zero-order valence-corrected chi connectivity index (χ0v) is 11.2. The average Bonchev–Trinajstić information content (AvgIpc) is 2.73. The Bertz CT molecular complexity index is 111. The van der Waals surface area contributed by atoms with Gasteiger partial charge in [-0.3, -0.25) is 4.31 Å². The van der Waals surface area contributed by atoms with Gasteiger partial charge in [-0.2, -0.15) is 0 Å². The van der Waals surface area contributed by atoms with Crippen molar-refractivity contribution < 1.29 is 0 Å². The first-order valence-corrected chi connectivity index (χ1v) is 7.12. The molecule has 0 aromatic rings. The molecule has 0 unspecified atom stereocenters. The molecule has 1 aliphatic rings. The number of rotatable bonds is 5. The van der Waals surface area contributed by atoms with Crippen molar-refractivity contribution in [2.45, 2.75) is 65.0 Å². The van der Waals surface area contributed by atoms with Crippen LogP contribution in [0.15, 0.2) is 0 Å². The van der Waals surface area contributed by atoms with Crippen molar-refractivity contribution in [2.75, 3.05) is 13.1 Å². The van der Waals surface area contributed by atoms with Gasteiger partial charge < -0.3 is 0 Å². The number of nitrogens with zero attached hydrogens (tertiary/aromatic N) is 1. The summed E-state index contributed by atoms with van der Waals surface area (Å²) in [5, 5.41) is 0.941. The lowest BCUT2D eigenvalue weighted by atomic mass is 10.4. The van der Waals surface area contributed by atoms with Crippen LogP contribution in [-0.4, -0.2) is 22.6 Å². The van der Waals surface area contributed by atoms with E-state index in [1.165, 1.54) is 45.2 Å². The summed E-state index contributed by atoms with van der Waals surface area (Å²) in [6.07, 6.45) is 7.10. The minimum atomic E-state index is 0.941. The van der Waals surface area contributed by atoms with Crippen molar-refractivity contribution in [3.63, 3.8) is 0 Å². The third-order valence-electron chi connectivity index (χ3n) is 2.43. The minimum absolute atomic E-state index is 0.941. The van der Waals surface area contributed by atoms with E-state index in [1.54, 1.807) is 0 Å². The number of hydrogen-bond donors (Lipinski definition) is 0. The second-order valence-corrected chi connectivity index (χ2v) is 4.93. The maximum atomic E-state index is 2.52. The molecule has 0 amide bonds. The van der Waals surface area contributed by atoms with Gasteiger partial charge in [0.1, 0.15) is 0 Å². The molecule has 0 radical (unpaired) electrons. The normalized spacial score (nSPS) is 16.9. The highest BCUT2D eigenvalue weighted by Gasteiger charge is 2.17. The molecule has 0 spiro atoms. The van der Waals surface area contributed by atoms with E-state index in [0.29, 0.717) is 0 Å². The molecule has 0 N–H and O–H groups in total. The van der Waals surface area contributed by atoms with Crippen molar-refractivity contribution in [1.82, 2.24) is 4.31 Å². The molecule has 0 aromatic carbocycles. The Kier molecular flexibility index (Phi) is 10.1. The lowest BCUT2D eigenvalue weighted by molar-refractivity contribution is 0.489. The van der Waals surface area contributed by atoms with E-state index in [9.17, 15) is 0 Å². The Balaban J connectivity index is 0.000000791. The summed E-state index contributed by atoms with van der Waals surface area (Å²) < 4.78 is 2.52. The van der Waals surface area contributed by atoms with Gasteiger partial charge in [-0.1, -0.05) is 52.5 Å². The van der Waals surface area contributed by atoms with Crippen molar-refractivity contribution in [3.05, 3.63) is 0 Å². The molecule has 1 fully saturated rings. The number of hydrogen-bond acceptors (Lipinski definition) is 2. The first-order valence-electron chi connectivity index (χ1n) is 6.28. The molecule has 86 valence electrons. The molecule has 2 heteroatoms. The summed E-state index contributed by atoms with van der Waals surface area (Å²) in [6.45, 7) is 11.0. The Morgan fingerprint density at radius 2 is 1.71 bits per heavy atom. The largest absolute Gasteiger partial charge is 0.251 e. The average molecular weight is 217 g/mol. The summed E-state index contributed by atoms with van der Waals surface area (Å²) >= 11 is 2.11. The molecule has 0 aromatic heterocycles. The predicted octanol–water partition coefficient (Wildman–Crippen LogP) is 4.34. The standard InChI is InChI=1S/C10H21NS.C2H6/c1-3-9-11(4-2)12-10-7-5-6-8-10;1-2/h10H,3-9H2,1-2H3;1-2H3. The van der Waals surface area contributed by atoms with Crippen LogP contribution in [0, 0.1) is 0 Å². The van der Waals surface area contributed by atoms with Crippen LogP contribution in [0.2, 0.25) is 0 Å². The van der Waals surface area contributed by atoms with Gasteiger partial charge >= 0.3 is 0 Å². The first-order chi connectivity index (χ1) is 6.86. The fraction of sp³-hybridized carbons (Fsp3) is 1.00. The molecule has 1 nitrogen and oxygen atoms in total. The fourth-order valence-electron chi connectivity index (χ4n) is 1.74. The molecular formula is C12H27NS. The molecule has 1 saturated carbocycles. The molecule has 0 aliphatic heterocycles. The van der Waals surface area contributed by atoms with E-state index in [1.807, 2.05) is 13.8 Å². The molecule has 0 bridgehead atoms. The Morgan fingerprint density at radius 3 is 2.14 bits per heavy atom. The molecular weight excluding hydrogens is 190 g/mol. The van der Waals surface area contributed by atoms with Crippen LogP contribution >= 0.6 is 11.9 Å². The van der Waals surface area contributed by atoms with Gasteiger partial charge in [-0.15, -0.1) is 0 Å². The summed E-state index contributed by atoms with van der Waals surface area (Å²) in [4.78, 5) is 0. The topological polar surface area (TPSA) is 3.24 Å². The van der Waals surface area contributed by atoms with E-state index < -0.39 is 0 Å². The van der Waals surface area contributed by atoms with Crippen molar-refractivity contribution >= 4 is 11.9 Å². The summed E-state index contributed by atoms with van der Waals surface area (Å²) in [5.74, 6) is 0. The second-order valence-electron chi connectivity index (χ2n) is 3.53. The van der Waals surface area contributed by atoms with Gasteiger partial charge in [-0.05, 0) is 19.3 Å². The van der Waals surface area contributed by atoms with Crippen LogP contribution in [-0.2, 0) is 0 Å². The van der Waals surface area contributed by atoms with E-state index in [2.05, 4.69) is 30.1 Å². The van der Waals surface area contributed by atoms with Crippen LogP contribution in [0.1, 0.15) is 59.8 Å². The van der Waals surface area contributed by atoms with Gasteiger partial charge in [0.05, 0.1) is 0 Å². The highest BCUT2D eigenvalue weighted by molar-refractivity contribution is 7.97. The lowest BCUT2D eigenvalue weighted by Gasteiger charge is -2.21. The zero-order valence-electron chi connectivity index (χ0n) is 10.4. The highest BCUT2D eigenvalue weighted by atomic mass is 32.2. The molecule has 1 rings (SSSR count). The SMILES string of the molecule is CC.CCCN(CC)SC1CCCC1. The Labute approximate surface area is 94.8 Å². The lowest BCUT2D eigenvalue weighted by Crippen LogP contribution is -2.19. The molecule has 14 heavy (non-hydrogen) atoms. The van der Waals surface area contributed by atoms with E-state index in [0.717, 1.165) is 5.25 Å². The minimum Gasteiger partial charge on any atom is -0.251 e. The molecule has 1 aliphatic carbocycles. The van der Waals surface area contributed by atoms with E-state index in [-0.39, 0.29) is 0 Å². The zero-order chi connectivity index (χ0) is 10.8. The molecule has 0 heterocycles. The molecule has 0 saturated heterocycles. The van der Waals surface area contributed by atoms with Gasteiger partial charge in [0.15, 0.2) is 0 Å². The van der Waals surface area contributed by atoms with E-state index in [4.69, 9.17) is 0 Å². The highest BCUT2D eigenvalue weighted by Crippen LogP contribution is 2.31.